The van der Waals surface area contributed by atoms with E-state index in [-0.39, 0.29) is 0 Å². The van der Waals surface area contributed by atoms with E-state index >= 15 is 0 Å². The van der Waals surface area contributed by atoms with E-state index < -0.39 is 0 Å². The van der Waals surface area contributed by atoms with Gasteiger partial charge < -0.3 is 15.2 Å². The van der Waals surface area contributed by atoms with Gasteiger partial charge in [0.1, 0.15) is 0 Å². The third-order valence-corrected chi connectivity index (χ3v) is 4.40. The molecule has 0 spiro atoms. The molecule has 2 heterocycles. The fourth-order valence-corrected chi connectivity index (χ4v) is 3.34. The highest BCUT2D eigenvalue weighted by Gasteiger charge is 2.19. The van der Waals surface area contributed by atoms with Crippen molar-refractivity contribution in [1.29, 1.82) is 0 Å². The number of anilines is 1. The lowest BCUT2D eigenvalue weighted by Gasteiger charge is -2.30. The highest BCUT2D eigenvalue weighted by molar-refractivity contribution is 9.10. The van der Waals surface area contributed by atoms with Gasteiger partial charge in [0, 0.05) is 17.6 Å². The molecule has 1 aliphatic heterocycles. The number of nitrogen functional groups attached to an aromatic ring is 1. The average molecular weight is 323 g/mol. The third kappa shape index (κ3) is 2.62. The van der Waals surface area contributed by atoms with E-state index in [2.05, 4.69) is 43.5 Å². The van der Waals surface area contributed by atoms with E-state index in [1.807, 2.05) is 12.1 Å². The van der Waals surface area contributed by atoms with Crippen molar-refractivity contribution in [3.8, 4) is 0 Å². The second kappa shape index (κ2) is 5.13. The van der Waals surface area contributed by atoms with Crippen molar-refractivity contribution in [2.45, 2.75) is 19.4 Å². The zero-order chi connectivity index (χ0) is 13.4. The van der Waals surface area contributed by atoms with Crippen molar-refractivity contribution in [1.82, 2.24) is 14.5 Å². The number of piperidine rings is 1. The molecule has 4 nitrogen and oxygen atoms in total. The predicted molar refractivity (Wildman–Crippen MR) is 82.1 cm³/mol. The van der Waals surface area contributed by atoms with Gasteiger partial charge in [-0.15, -0.1) is 0 Å². The molecule has 0 amide bonds. The second-order valence-corrected chi connectivity index (χ2v) is 6.40. The molecule has 0 bridgehead atoms. The number of hydrogen-bond acceptors (Lipinski definition) is 3. The normalized spacial score (nSPS) is 21.1. The lowest BCUT2D eigenvalue weighted by Crippen LogP contribution is -2.34. The molecular weight excluding hydrogens is 304 g/mol. The van der Waals surface area contributed by atoms with Crippen molar-refractivity contribution >= 4 is 32.9 Å². The van der Waals surface area contributed by atoms with Crippen molar-refractivity contribution in [2.24, 2.45) is 5.92 Å². The van der Waals surface area contributed by atoms with Crippen LogP contribution in [0.1, 0.15) is 12.8 Å². The Morgan fingerprint density at radius 3 is 3.11 bits per heavy atom. The Labute approximate surface area is 121 Å². The number of likely N-dealkylation sites (tertiary alicyclic amines) is 1. The first-order valence-corrected chi connectivity index (χ1v) is 7.52. The van der Waals surface area contributed by atoms with E-state index in [1.165, 1.54) is 19.4 Å². The maximum atomic E-state index is 6.08. The summed E-state index contributed by atoms with van der Waals surface area (Å²) in [5.74, 6) is 1.29. The van der Waals surface area contributed by atoms with Crippen LogP contribution >= 0.6 is 15.9 Å². The van der Waals surface area contributed by atoms with E-state index in [0.717, 1.165) is 28.6 Å². The Hall–Kier alpha value is -1.07. The van der Waals surface area contributed by atoms with Crippen LogP contribution in [0.2, 0.25) is 0 Å². The van der Waals surface area contributed by atoms with Crippen LogP contribution in [0.3, 0.4) is 0 Å². The first-order chi connectivity index (χ1) is 9.13. The van der Waals surface area contributed by atoms with Gasteiger partial charge in [-0.3, -0.25) is 0 Å². The van der Waals surface area contributed by atoms with Gasteiger partial charge in [-0.1, -0.05) is 15.9 Å². The van der Waals surface area contributed by atoms with Gasteiger partial charge in [-0.05, 0) is 50.6 Å². The van der Waals surface area contributed by atoms with Crippen molar-refractivity contribution < 1.29 is 0 Å². The summed E-state index contributed by atoms with van der Waals surface area (Å²) in [6.07, 6.45) is 2.55. The van der Waals surface area contributed by atoms with Crippen LogP contribution in [0.4, 0.5) is 5.95 Å². The van der Waals surface area contributed by atoms with Gasteiger partial charge in [0.05, 0.1) is 11.0 Å². The standard InChI is InChI=1S/C14H19BrN4/c1-18-6-2-3-10(8-18)9-19-13-5-4-11(15)7-12(13)17-14(19)16/h4-5,7,10H,2-3,6,8-9H2,1H3,(H2,16,17). The number of rotatable bonds is 2. The molecule has 1 fully saturated rings. The van der Waals surface area contributed by atoms with Crippen LogP contribution in [0.15, 0.2) is 22.7 Å². The maximum Gasteiger partial charge on any atom is 0.201 e. The molecule has 1 atom stereocenters. The SMILES string of the molecule is CN1CCCC(Cn2c(N)nc3cc(Br)ccc32)C1. The Balaban J connectivity index is 1.89. The molecule has 1 aromatic carbocycles. The number of benzene rings is 1. The van der Waals surface area contributed by atoms with Gasteiger partial charge >= 0.3 is 0 Å². The highest BCUT2D eigenvalue weighted by atomic mass is 79.9. The Morgan fingerprint density at radius 2 is 2.32 bits per heavy atom. The molecule has 3 rings (SSSR count). The number of nitrogens with zero attached hydrogens (tertiary/aromatic N) is 3. The first kappa shape index (κ1) is 12.9. The van der Waals surface area contributed by atoms with Gasteiger partial charge in [0.15, 0.2) is 0 Å². The third-order valence-electron chi connectivity index (χ3n) is 3.90. The van der Waals surface area contributed by atoms with Crippen LogP contribution in [-0.4, -0.2) is 34.6 Å². The summed E-state index contributed by atoms with van der Waals surface area (Å²) in [4.78, 5) is 6.86. The van der Waals surface area contributed by atoms with Crippen LogP contribution in [-0.2, 0) is 6.54 Å². The Morgan fingerprint density at radius 1 is 1.47 bits per heavy atom. The summed E-state index contributed by atoms with van der Waals surface area (Å²) < 4.78 is 3.20. The van der Waals surface area contributed by atoms with Crippen LogP contribution in [0.25, 0.3) is 11.0 Å². The molecule has 0 saturated carbocycles. The number of imidazole rings is 1. The lowest BCUT2D eigenvalue weighted by atomic mass is 9.98. The number of hydrogen-bond donors (Lipinski definition) is 1. The molecule has 0 aliphatic carbocycles. The summed E-state index contributed by atoms with van der Waals surface area (Å²) in [5, 5.41) is 0. The monoisotopic (exact) mass is 322 g/mol. The highest BCUT2D eigenvalue weighted by Crippen LogP contribution is 2.25. The second-order valence-electron chi connectivity index (χ2n) is 5.48. The minimum Gasteiger partial charge on any atom is -0.369 e. The fourth-order valence-electron chi connectivity index (χ4n) is 2.99. The number of halogens is 1. The Bertz CT molecular complexity index is 592. The number of aromatic nitrogens is 2. The molecule has 102 valence electrons. The molecule has 2 N–H and O–H groups in total. The van der Waals surface area contributed by atoms with Gasteiger partial charge in [-0.25, -0.2) is 4.98 Å². The molecule has 1 unspecified atom stereocenters. The molecule has 5 heteroatoms. The maximum absolute atomic E-state index is 6.08. The molecule has 19 heavy (non-hydrogen) atoms. The molecule has 0 radical (unpaired) electrons. The number of nitrogens with two attached hydrogens (primary N) is 1. The zero-order valence-corrected chi connectivity index (χ0v) is 12.7. The topological polar surface area (TPSA) is 47.1 Å². The summed E-state index contributed by atoms with van der Waals surface area (Å²) >= 11 is 3.48. The Kier molecular flexibility index (Phi) is 3.50. The summed E-state index contributed by atoms with van der Waals surface area (Å²) in [6, 6.07) is 6.16. The molecular formula is C14H19BrN4. The van der Waals surface area contributed by atoms with E-state index in [0.29, 0.717) is 11.9 Å². The van der Waals surface area contributed by atoms with Gasteiger partial charge in [0.2, 0.25) is 5.95 Å². The van der Waals surface area contributed by atoms with Gasteiger partial charge in [-0.2, -0.15) is 0 Å². The van der Waals surface area contributed by atoms with Crippen molar-refractivity contribution in [3.05, 3.63) is 22.7 Å². The van der Waals surface area contributed by atoms with Crippen molar-refractivity contribution in [2.75, 3.05) is 25.9 Å². The fraction of sp³-hybridized carbons (Fsp3) is 0.500. The minimum absolute atomic E-state index is 0.626. The summed E-state index contributed by atoms with van der Waals surface area (Å²) in [7, 11) is 2.19. The largest absolute Gasteiger partial charge is 0.369 e. The van der Waals surface area contributed by atoms with E-state index in [4.69, 9.17) is 5.73 Å². The average Bonchev–Trinajstić information content (AvgIpc) is 2.65. The summed E-state index contributed by atoms with van der Waals surface area (Å²) in [5.41, 5.74) is 8.18. The lowest BCUT2D eigenvalue weighted by molar-refractivity contribution is 0.196. The zero-order valence-electron chi connectivity index (χ0n) is 11.1. The van der Waals surface area contributed by atoms with Crippen LogP contribution < -0.4 is 5.73 Å². The van der Waals surface area contributed by atoms with Gasteiger partial charge in [0.25, 0.3) is 0 Å². The van der Waals surface area contributed by atoms with Crippen LogP contribution in [0, 0.1) is 5.92 Å². The summed E-state index contributed by atoms with van der Waals surface area (Å²) in [6.45, 7) is 3.33. The quantitative estimate of drug-likeness (QED) is 0.924. The van der Waals surface area contributed by atoms with Crippen LogP contribution in [0.5, 0.6) is 0 Å². The molecule has 1 aliphatic rings. The van der Waals surface area contributed by atoms with E-state index in [1.54, 1.807) is 0 Å². The smallest absolute Gasteiger partial charge is 0.201 e. The first-order valence-electron chi connectivity index (χ1n) is 6.73. The number of fused-ring (bicyclic) bond motifs is 1. The molecule has 1 aromatic heterocycles. The molecule has 2 aromatic rings. The van der Waals surface area contributed by atoms with E-state index in [9.17, 15) is 0 Å². The molecule has 1 saturated heterocycles. The van der Waals surface area contributed by atoms with Crippen molar-refractivity contribution in [3.63, 3.8) is 0 Å². The minimum atomic E-state index is 0.626. The predicted octanol–water partition coefficient (Wildman–Crippen LogP) is 2.72.